The summed E-state index contributed by atoms with van der Waals surface area (Å²) in [5.41, 5.74) is 5.29. The molecule has 1 amide bonds. The second-order valence-corrected chi connectivity index (χ2v) is 2.79. The molecular weight excluding hydrogens is 214 g/mol. The first-order valence-corrected chi connectivity index (χ1v) is 4.32. The largest absolute Gasteiger partial charge is 0.513 e. The number of ether oxygens (including phenoxy) is 3. The molecule has 0 aliphatic carbocycles. The normalized spacial score (nSPS) is 9.38. The first kappa shape index (κ1) is 11.8. The number of nitrogens with two attached hydrogens (primary N) is 1. The molecule has 0 atom stereocenters. The van der Waals surface area contributed by atoms with E-state index in [9.17, 15) is 9.59 Å². The average Bonchev–Trinajstić information content (AvgIpc) is 2.28. The van der Waals surface area contributed by atoms with Crippen molar-refractivity contribution >= 4 is 12.1 Å². The third kappa shape index (κ3) is 2.63. The van der Waals surface area contributed by atoms with E-state index >= 15 is 0 Å². The topological polar surface area (TPSA) is 87.9 Å². The summed E-state index contributed by atoms with van der Waals surface area (Å²) >= 11 is 0. The Morgan fingerprint density at radius 2 is 1.88 bits per heavy atom. The van der Waals surface area contributed by atoms with Crippen molar-refractivity contribution in [3.8, 4) is 11.5 Å². The van der Waals surface area contributed by atoms with Crippen LogP contribution in [0.4, 0.5) is 4.79 Å². The lowest BCUT2D eigenvalue weighted by atomic mass is 10.2. The Labute approximate surface area is 91.9 Å². The zero-order chi connectivity index (χ0) is 12.1. The van der Waals surface area contributed by atoms with Crippen LogP contribution in [0.25, 0.3) is 0 Å². The van der Waals surface area contributed by atoms with Gasteiger partial charge in [0.05, 0.1) is 14.2 Å². The van der Waals surface area contributed by atoms with Gasteiger partial charge >= 0.3 is 6.16 Å². The predicted octanol–water partition coefficient (Wildman–Crippen LogP) is 0.939. The van der Waals surface area contributed by atoms with E-state index in [1.54, 1.807) is 0 Å². The quantitative estimate of drug-likeness (QED) is 0.610. The number of hydrogen-bond donors (Lipinski definition) is 1. The Balaban J connectivity index is 3.06. The smallest absolute Gasteiger partial charge is 0.493 e. The molecule has 0 unspecified atom stereocenters. The Bertz CT molecular complexity index is 416. The van der Waals surface area contributed by atoms with Crippen LogP contribution in [0.1, 0.15) is 10.4 Å². The second-order valence-electron chi connectivity index (χ2n) is 2.79. The second kappa shape index (κ2) is 5.01. The Hall–Kier alpha value is -2.24. The van der Waals surface area contributed by atoms with Crippen molar-refractivity contribution in [1.29, 1.82) is 0 Å². The molecule has 0 aliphatic rings. The van der Waals surface area contributed by atoms with Gasteiger partial charge in [-0.3, -0.25) is 4.79 Å². The number of benzene rings is 1. The first-order chi connectivity index (χ1) is 7.58. The highest BCUT2D eigenvalue weighted by molar-refractivity contribution is 5.93. The molecule has 0 radical (unpaired) electrons. The van der Waals surface area contributed by atoms with E-state index in [1.165, 1.54) is 32.4 Å². The molecule has 1 rings (SSSR count). The van der Waals surface area contributed by atoms with Gasteiger partial charge in [0.15, 0.2) is 11.5 Å². The molecule has 1 aromatic rings. The van der Waals surface area contributed by atoms with Gasteiger partial charge in [0.2, 0.25) is 5.91 Å². The van der Waals surface area contributed by atoms with E-state index in [2.05, 4.69) is 4.74 Å². The maximum absolute atomic E-state index is 10.9. The van der Waals surface area contributed by atoms with Crippen molar-refractivity contribution in [2.24, 2.45) is 5.73 Å². The zero-order valence-electron chi connectivity index (χ0n) is 8.85. The van der Waals surface area contributed by atoms with Crippen molar-refractivity contribution in [2.75, 3.05) is 14.2 Å². The van der Waals surface area contributed by atoms with Gasteiger partial charge in [-0.1, -0.05) is 0 Å². The molecule has 0 fully saturated rings. The molecule has 6 heteroatoms. The number of primary amides is 1. The van der Waals surface area contributed by atoms with E-state index in [0.717, 1.165) is 0 Å². The molecule has 0 saturated heterocycles. The minimum Gasteiger partial charge on any atom is -0.493 e. The SMILES string of the molecule is COC(=O)Oc1cc(C(N)=O)ccc1OC. The van der Waals surface area contributed by atoms with Crippen molar-refractivity contribution in [2.45, 2.75) is 0 Å². The zero-order valence-corrected chi connectivity index (χ0v) is 8.85. The fraction of sp³-hybridized carbons (Fsp3) is 0.200. The number of hydrogen-bond acceptors (Lipinski definition) is 5. The van der Waals surface area contributed by atoms with Gasteiger partial charge < -0.3 is 19.9 Å². The summed E-state index contributed by atoms with van der Waals surface area (Å²) in [4.78, 5) is 21.8. The lowest BCUT2D eigenvalue weighted by Gasteiger charge is -2.08. The Morgan fingerprint density at radius 3 is 2.38 bits per heavy atom. The van der Waals surface area contributed by atoms with Crippen molar-refractivity contribution in [3.05, 3.63) is 23.8 Å². The molecule has 6 nitrogen and oxygen atoms in total. The fourth-order valence-corrected chi connectivity index (χ4v) is 1.04. The molecule has 0 spiro atoms. The highest BCUT2D eigenvalue weighted by Gasteiger charge is 2.12. The summed E-state index contributed by atoms with van der Waals surface area (Å²) in [6, 6.07) is 4.24. The summed E-state index contributed by atoms with van der Waals surface area (Å²) < 4.78 is 14.0. The van der Waals surface area contributed by atoms with E-state index in [-0.39, 0.29) is 11.3 Å². The van der Waals surface area contributed by atoms with Crippen LogP contribution in [-0.2, 0) is 4.74 Å². The molecule has 86 valence electrons. The highest BCUT2D eigenvalue weighted by Crippen LogP contribution is 2.28. The average molecular weight is 225 g/mol. The van der Waals surface area contributed by atoms with Crippen molar-refractivity contribution < 1.29 is 23.8 Å². The van der Waals surface area contributed by atoms with E-state index in [1.807, 2.05) is 0 Å². The number of carbonyl (C=O) groups excluding carboxylic acids is 2. The molecule has 0 aliphatic heterocycles. The van der Waals surface area contributed by atoms with Crippen LogP contribution in [0.2, 0.25) is 0 Å². The molecule has 0 heterocycles. The molecule has 1 aromatic carbocycles. The van der Waals surface area contributed by atoms with E-state index in [4.69, 9.17) is 15.2 Å². The third-order valence-corrected chi connectivity index (χ3v) is 1.81. The number of carbonyl (C=O) groups is 2. The summed E-state index contributed by atoms with van der Waals surface area (Å²) in [6.45, 7) is 0. The standard InChI is InChI=1S/C10H11NO5/c1-14-7-4-3-6(9(11)12)5-8(7)16-10(13)15-2/h3-5H,1-2H3,(H2,11,12). The summed E-state index contributed by atoms with van der Waals surface area (Å²) in [5, 5.41) is 0. The molecular formula is C10H11NO5. The van der Waals surface area contributed by atoms with Gasteiger partial charge in [-0.25, -0.2) is 4.79 Å². The monoisotopic (exact) mass is 225 g/mol. The van der Waals surface area contributed by atoms with Gasteiger partial charge in [-0.2, -0.15) is 0 Å². The van der Waals surface area contributed by atoms with Crippen LogP contribution in [-0.4, -0.2) is 26.3 Å². The van der Waals surface area contributed by atoms with Crippen LogP contribution in [0, 0.1) is 0 Å². The molecule has 2 N–H and O–H groups in total. The molecule has 0 aromatic heterocycles. The van der Waals surface area contributed by atoms with Crippen LogP contribution in [0.15, 0.2) is 18.2 Å². The van der Waals surface area contributed by atoms with Gasteiger partial charge in [-0.05, 0) is 18.2 Å². The first-order valence-electron chi connectivity index (χ1n) is 4.32. The molecule has 0 saturated carbocycles. The van der Waals surface area contributed by atoms with Crippen LogP contribution in [0.5, 0.6) is 11.5 Å². The van der Waals surface area contributed by atoms with Crippen LogP contribution in [0.3, 0.4) is 0 Å². The van der Waals surface area contributed by atoms with Gasteiger partial charge in [0.25, 0.3) is 0 Å². The number of amides is 1. The van der Waals surface area contributed by atoms with E-state index in [0.29, 0.717) is 5.75 Å². The highest BCUT2D eigenvalue weighted by atomic mass is 16.7. The van der Waals surface area contributed by atoms with Gasteiger partial charge in [-0.15, -0.1) is 0 Å². The minimum atomic E-state index is -0.903. The van der Waals surface area contributed by atoms with Crippen molar-refractivity contribution in [3.63, 3.8) is 0 Å². The fourth-order valence-electron chi connectivity index (χ4n) is 1.04. The maximum atomic E-state index is 10.9. The lowest BCUT2D eigenvalue weighted by Crippen LogP contribution is -2.13. The van der Waals surface area contributed by atoms with Crippen molar-refractivity contribution in [1.82, 2.24) is 0 Å². The molecule has 16 heavy (non-hydrogen) atoms. The minimum absolute atomic E-state index is 0.0747. The van der Waals surface area contributed by atoms with E-state index < -0.39 is 12.1 Å². The Kier molecular flexibility index (Phi) is 3.71. The summed E-state index contributed by atoms with van der Waals surface area (Å²) in [7, 11) is 2.58. The van der Waals surface area contributed by atoms with Crippen LogP contribution >= 0.6 is 0 Å². The lowest BCUT2D eigenvalue weighted by molar-refractivity contribution is 0.0997. The van der Waals surface area contributed by atoms with Gasteiger partial charge in [0, 0.05) is 5.56 Å². The summed E-state index contributed by atoms with van der Waals surface area (Å²) in [5.74, 6) is -0.251. The third-order valence-electron chi connectivity index (χ3n) is 1.81. The Morgan fingerprint density at radius 1 is 1.19 bits per heavy atom. The van der Waals surface area contributed by atoms with Crippen LogP contribution < -0.4 is 15.2 Å². The number of methoxy groups -OCH3 is 2. The number of rotatable bonds is 3. The molecule has 0 bridgehead atoms. The maximum Gasteiger partial charge on any atom is 0.513 e. The predicted molar refractivity (Wildman–Crippen MR) is 54.5 cm³/mol. The van der Waals surface area contributed by atoms with Gasteiger partial charge in [0.1, 0.15) is 0 Å². The summed E-state index contributed by atoms with van der Waals surface area (Å²) in [6.07, 6.45) is -0.903.